The highest BCUT2D eigenvalue weighted by atomic mass is 35.5. The first-order valence-corrected chi connectivity index (χ1v) is 9.51. The van der Waals surface area contributed by atoms with Gasteiger partial charge >= 0.3 is 0 Å². The number of allylic oxidation sites excluding steroid dienone is 2. The summed E-state index contributed by atoms with van der Waals surface area (Å²) in [7, 11) is 0. The second kappa shape index (κ2) is 5.68. The van der Waals surface area contributed by atoms with E-state index >= 15 is 0 Å². The van der Waals surface area contributed by atoms with E-state index in [0.29, 0.717) is 22.5 Å². The van der Waals surface area contributed by atoms with Gasteiger partial charge in [-0.25, -0.2) is 0 Å². The second-order valence-electron chi connectivity index (χ2n) is 7.79. The van der Waals surface area contributed by atoms with Crippen molar-refractivity contribution < 1.29 is 14.4 Å². The minimum atomic E-state index is -0.216. The van der Waals surface area contributed by atoms with Crippen molar-refractivity contribution in [2.24, 2.45) is 35.5 Å². The molecule has 0 unspecified atom stereocenters. The first kappa shape index (κ1) is 16.1. The Labute approximate surface area is 156 Å². The highest BCUT2D eigenvalue weighted by Crippen LogP contribution is 2.65. The Bertz CT molecular complexity index is 798. The average Bonchev–Trinajstić information content (AvgIpc) is 3.41. The van der Waals surface area contributed by atoms with Gasteiger partial charge in [-0.2, -0.15) is 0 Å². The number of amides is 3. The Morgan fingerprint density at radius 1 is 1.04 bits per heavy atom. The van der Waals surface area contributed by atoms with Crippen molar-refractivity contribution in [1.29, 1.82) is 0 Å². The summed E-state index contributed by atoms with van der Waals surface area (Å²) in [5.74, 6) is 0.867. The van der Waals surface area contributed by atoms with Gasteiger partial charge in [-0.1, -0.05) is 23.8 Å². The molecule has 1 saturated heterocycles. The molecule has 6 atom stereocenters. The molecule has 1 heterocycles. The fourth-order valence-electron chi connectivity index (χ4n) is 5.21. The lowest BCUT2D eigenvalue weighted by Gasteiger charge is -2.37. The molecule has 1 aliphatic heterocycles. The van der Waals surface area contributed by atoms with E-state index < -0.39 is 0 Å². The molecule has 1 N–H and O–H groups in total. The number of nitrogens with one attached hydrogen (secondary N) is 1. The van der Waals surface area contributed by atoms with Gasteiger partial charge < -0.3 is 5.32 Å². The summed E-state index contributed by atoms with van der Waals surface area (Å²) in [5, 5.41) is 3.37. The van der Waals surface area contributed by atoms with Gasteiger partial charge in [-0.15, -0.1) is 0 Å². The number of likely N-dealkylation sites (tertiary alicyclic amines) is 1. The van der Waals surface area contributed by atoms with Crippen molar-refractivity contribution in [3.63, 3.8) is 0 Å². The number of anilines is 1. The summed E-state index contributed by atoms with van der Waals surface area (Å²) in [6.07, 6.45) is 5.57. The van der Waals surface area contributed by atoms with Crippen LogP contribution in [0.15, 0.2) is 36.4 Å². The normalized spacial score (nSPS) is 36.1. The van der Waals surface area contributed by atoms with Gasteiger partial charge in [0.05, 0.1) is 11.8 Å². The van der Waals surface area contributed by atoms with Gasteiger partial charge in [0.25, 0.3) is 0 Å². The third-order valence-corrected chi connectivity index (χ3v) is 6.70. The molecular weight excluding hydrogens is 352 g/mol. The monoisotopic (exact) mass is 370 g/mol. The molecule has 4 aliphatic carbocycles. The van der Waals surface area contributed by atoms with Crippen molar-refractivity contribution >= 4 is 35.0 Å². The van der Waals surface area contributed by atoms with Crippen LogP contribution in [-0.2, 0) is 14.4 Å². The number of halogens is 1. The van der Waals surface area contributed by atoms with E-state index in [1.54, 1.807) is 24.3 Å². The fourth-order valence-corrected chi connectivity index (χ4v) is 5.34. The second-order valence-corrected chi connectivity index (χ2v) is 8.22. The van der Waals surface area contributed by atoms with E-state index in [1.807, 2.05) is 0 Å². The molecule has 3 amide bonds. The SMILES string of the molecule is O=C(CCN1C(=O)[C@@H]2[C@H]3C=C[C@@H]([C@@H]4C[C@@H]34)[C@H]2C1=O)Nc1ccc(Cl)cc1. The Hall–Kier alpha value is -2.14. The van der Waals surface area contributed by atoms with Gasteiger partial charge in [0.15, 0.2) is 0 Å². The Morgan fingerprint density at radius 3 is 2.19 bits per heavy atom. The van der Waals surface area contributed by atoms with Crippen molar-refractivity contribution in [2.45, 2.75) is 12.8 Å². The van der Waals surface area contributed by atoms with Crippen molar-refractivity contribution in [3.05, 3.63) is 41.4 Å². The lowest BCUT2D eigenvalue weighted by atomic mass is 9.63. The molecule has 3 fully saturated rings. The summed E-state index contributed by atoms with van der Waals surface area (Å²) >= 11 is 5.83. The fraction of sp³-hybridized carbons (Fsp3) is 0.450. The summed E-state index contributed by atoms with van der Waals surface area (Å²) in [6, 6.07) is 6.83. The van der Waals surface area contributed by atoms with E-state index in [1.165, 1.54) is 4.90 Å². The highest BCUT2D eigenvalue weighted by Gasteiger charge is 2.66. The molecule has 0 aromatic heterocycles. The largest absolute Gasteiger partial charge is 0.326 e. The van der Waals surface area contributed by atoms with Crippen molar-refractivity contribution in [3.8, 4) is 0 Å². The zero-order valence-corrected chi connectivity index (χ0v) is 14.9. The van der Waals surface area contributed by atoms with Crippen LogP contribution in [0.4, 0.5) is 5.69 Å². The number of nitrogens with zero attached hydrogens (tertiary/aromatic N) is 1. The summed E-state index contributed by atoms with van der Waals surface area (Å²) < 4.78 is 0. The molecule has 5 nitrogen and oxygen atoms in total. The molecular formula is C20H19ClN2O3. The van der Waals surface area contributed by atoms with Crippen LogP contribution in [0, 0.1) is 35.5 Å². The maximum Gasteiger partial charge on any atom is 0.233 e. The predicted molar refractivity (Wildman–Crippen MR) is 96.1 cm³/mol. The molecule has 0 radical (unpaired) electrons. The minimum Gasteiger partial charge on any atom is -0.326 e. The quantitative estimate of drug-likeness (QED) is 0.654. The molecule has 26 heavy (non-hydrogen) atoms. The number of hydrogen-bond acceptors (Lipinski definition) is 3. The van der Waals surface area contributed by atoms with Crippen molar-refractivity contribution in [2.75, 3.05) is 11.9 Å². The van der Waals surface area contributed by atoms with Gasteiger partial charge in [-0.05, 0) is 54.4 Å². The van der Waals surface area contributed by atoms with Crippen LogP contribution < -0.4 is 5.32 Å². The third kappa shape index (κ3) is 2.33. The van der Waals surface area contributed by atoms with E-state index in [2.05, 4.69) is 17.5 Å². The first-order valence-electron chi connectivity index (χ1n) is 9.13. The standard InChI is InChI=1S/C20H19ClN2O3/c21-10-1-3-11(4-2-10)22-16(24)7-8-23-19(25)17-12-5-6-13(15-9-14(12)15)18(17)20(23)26/h1-6,12-15,17-18H,7-9H2,(H,22,24)/t12-,13-,14-,15-,17+,18+/m0/s1. The summed E-state index contributed by atoms with van der Waals surface area (Å²) in [4.78, 5) is 39.2. The van der Waals surface area contributed by atoms with Crippen LogP contribution in [0.3, 0.4) is 0 Å². The van der Waals surface area contributed by atoms with Crippen LogP contribution in [0.1, 0.15) is 12.8 Å². The van der Waals surface area contributed by atoms with E-state index in [-0.39, 0.29) is 54.4 Å². The summed E-state index contributed by atoms with van der Waals surface area (Å²) in [5.41, 5.74) is 0.648. The topological polar surface area (TPSA) is 66.5 Å². The van der Waals surface area contributed by atoms with E-state index in [0.717, 1.165) is 6.42 Å². The van der Waals surface area contributed by atoms with Gasteiger partial charge in [0.1, 0.15) is 0 Å². The number of rotatable bonds is 4. The van der Waals surface area contributed by atoms with E-state index in [9.17, 15) is 14.4 Å². The lowest BCUT2D eigenvalue weighted by Crippen LogP contribution is -2.40. The molecule has 6 rings (SSSR count). The Balaban J connectivity index is 1.24. The van der Waals surface area contributed by atoms with Crippen molar-refractivity contribution in [1.82, 2.24) is 4.90 Å². The molecule has 134 valence electrons. The Morgan fingerprint density at radius 2 is 1.62 bits per heavy atom. The number of benzene rings is 1. The van der Waals surface area contributed by atoms with E-state index in [4.69, 9.17) is 11.6 Å². The van der Waals surface area contributed by atoms with Crippen LogP contribution in [0.2, 0.25) is 5.02 Å². The molecule has 0 spiro atoms. The maximum atomic E-state index is 12.8. The summed E-state index contributed by atoms with van der Waals surface area (Å²) in [6.45, 7) is 0.152. The number of imide groups is 1. The van der Waals surface area contributed by atoms with Gasteiger partial charge in [-0.3, -0.25) is 19.3 Å². The Kier molecular flexibility index (Phi) is 3.51. The minimum absolute atomic E-state index is 0.0796. The third-order valence-electron chi connectivity index (χ3n) is 6.44. The molecule has 1 aromatic carbocycles. The predicted octanol–water partition coefficient (Wildman–Crippen LogP) is 2.72. The number of carbonyl (C=O) groups excluding carboxylic acids is 3. The molecule has 2 bridgehead atoms. The van der Waals surface area contributed by atoms with Crippen LogP contribution in [-0.4, -0.2) is 29.2 Å². The number of carbonyl (C=O) groups is 3. The zero-order valence-electron chi connectivity index (χ0n) is 14.1. The van der Waals surface area contributed by atoms with Gasteiger partial charge in [0.2, 0.25) is 17.7 Å². The molecule has 6 heteroatoms. The molecule has 1 aromatic rings. The zero-order chi connectivity index (χ0) is 18.0. The van der Waals surface area contributed by atoms with Crippen LogP contribution >= 0.6 is 11.6 Å². The average molecular weight is 371 g/mol. The maximum absolute atomic E-state index is 12.8. The van der Waals surface area contributed by atoms with Crippen LogP contribution in [0.25, 0.3) is 0 Å². The van der Waals surface area contributed by atoms with Gasteiger partial charge in [0, 0.05) is 23.7 Å². The molecule has 2 saturated carbocycles. The van der Waals surface area contributed by atoms with Crippen LogP contribution in [0.5, 0.6) is 0 Å². The highest BCUT2D eigenvalue weighted by molar-refractivity contribution is 6.30. The first-order chi connectivity index (χ1) is 12.5. The number of hydrogen-bond donors (Lipinski definition) is 1. The smallest absolute Gasteiger partial charge is 0.233 e. The lowest BCUT2D eigenvalue weighted by molar-refractivity contribution is -0.140. The molecule has 5 aliphatic rings.